The van der Waals surface area contributed by atoms with Gasteiger partial charge in [0.1, 0.15) is 0 Å². The Morgan fingerprint density at radius 2 is 2.19 bits per heavy atom. The molecule has 16 heavy (non-hydrogen) atoms. The molecule has 0 amide bonds. The maximum Gasteiger partial charge on any atom is 0.0937 e. The molecule has 2 rings (SSSR count). The average molecular weight is 240 g/mol. The Balaban J connectivity index is 2.37. The lowest BCUT2D eigenvalue weighted by atomic mass is 9.57. The fraction of sp³-hybridized carbons (Fsp3) is 0.538. The molecule has 0 aliphatic heterocycles. The van der Waals surface area contributed by atoms with Crippen LogP contribution in [-0.2, 0) is 5.60 Å². The molecule has 0 bridgehead atoms. The topological polar surface area (TPSA) is 46.2 Å². The van der Waals surface area contributed by atoms with E-state index in [4.69, 9.17) is 17.3 Å². The van der Waals surface area contributed by atoms with E-state index < -0.39 is 5.60 Å². The summed E-state index contributed by atoms with van der Waals surface area (Å²) in [5.74, 6) is 0. The lowest BCUT2D eigenvalue weighted by molar-refractivity contribution is -0.116. The predicted octanol–water partition coefficient (Wildman–Crippen LogP) is 2.68. The van der Waals surface area contributed by atoms with Crippen LogP contribution in [0.15, 0.2) is 24.3 Å². The molecule has 0 saturated heterocycles. The van der Waals surface area contributed by atoms with Gasteiger partial charge in [0.15, 0.2) is 0 Å². The first-order valence-electron chi connectivity index (χ1n) is 5.70. The molecule has 1 fully saturated rings. The van der Waals surface area contributed by atoms with Gasteiger partial charge in [-0.2, -0.15) is 0 Å². The summed E-state index contributed by atoms with van der Waals surface area (Å²) in [6.07, 6.45) is 3.12. The first kappa shape index (κ1) is 11.9. The largest absolute Gasteiger partial charge is 0.385 e. The maximum atomic E-state index is 10.7. The third-order valence-electron chi connectivity index (χ3n) is 4.12. The minimum Gasteiger partial charge on any atom is -0.385 e. The summed E-state index contributed by atoms with van der Waals surface area (Å²) in [5.41, 5.74) is 5.65. The normalized spacial score (nSPS) is 22.2. The Hall–Kier alpha value is -0.570. The maximum absolute atomic E-state index is 10.7. The SMILES string of the molecule is CC(O)(c1cccc(Cl)c1)C1(CN)CCC1. The highest BCUT2D eigenvalue weighted by atomic mass is 35.5. The number of nitrogens with two attached hydrogens (primary N) is 1. The molecule has 3 heteroatoms. The molecule has 1 aromatic carbocycles. The molecule has 0 aromatic heterocycles. The van der Waals surface area contributed by atoms with Gasteiger partial charge < -0.3 is 10.8 Å². The van der Waals surface area contributed by atoms with Crippen LogP contribution in [0.3, 0.4) is 0 Å². The molecule has 1 saturated carbocycles. The lowest BCUT2D eigenvalue weighted by Crippen LogP contribution is -2.53. The lowest BCUT2D eigenvalue weighted by Gasteiger charge is -2.51. The molecule has 1 aliphatic rings. The highest BCUT2D eigenvalue weighted by Gasteiger charge is 2.51. The van der Waals surface area contributed by atoms with Gasteiger partial charge in [-0.15, -0.1) is 0 Å². The molecule has 1 unspecified atom stereocenters. The van der Waals surface area contributed by atoms with Crippen LogP contribution in [0, 0.1) is 5.41 Å². The molecule has 0 radical (unpaired) electrons. The van der Waals surface area contributed by atoms with Gasteiger partial charge >= 0.3 is 0 Å². The molecule has 88 valence electrons. The standard InChI is InChI=1S/C13H18ClNO/c1-12(16,13(9-15)6-3-7-13)10-4-2-5-11(14)8-10/h2,4-5,8,16H,3,6-7,9,15H2,1H3. The Bertz CT molecular complexity index is 380. The Kier molecular flexibility index (Phi) is 2.99. The summed E-state index contributed by atoms with van der Waals surface area (Å²) in [4.78, 5) is 0. The summed E-state index contributed by atoms with van der Waals surface area (Å²) in [6.45, 7) is 2.37. The second-order valence-corrected chi connectivity index (χ2v) is 5.36. The zero-order valence-electron chi connectivity index (χ0n) is 9.54. The summed E-state index contributed by atoms with van der Waals surface area (Å²) in [7, 11) is 0. The summed E-state index contributed by atoms with van der Waals surface area (Å²) >= 11 is 5.96. The molecule has 1 atom stereocenters. The van der Waals surface area contributed by atoms with E-state index in [1.54, 1.807) is 0 Å². The Labute approximate surface area is 101 Å². The number of halogens is 1. The highest BCUT2D eigenvalue weighted by Crippen LogP contribution is 2.53. The van der Waals surface area contributed by atoms with Crippen LogP contribution in [0.5, 0.6) is 0 Å². The Morgan fingerprint density at radius 1 is 1.50 bits per heavy atom. The van der Waals surface area contributed by atoms with E-state index in [1.165, 1.54) is 0 Å². The van der Waals surface area contributed by atoms with E-state index in [0.29, 0.717) is 11.6 Å². The summed E-state index contributed by atoms with van der Waals surface area (Å²) in [6, 6.07) is 7.44. The first-order valence-corrected chi connectivity index (χ1v) is 6.08. The van der Waals surface area contributed by atoms with Gasteiger partial charge in [0.25, 0.3) is 0 Å². The molecule has 0 spiro atoms. The van der Waals surface area contributed by atoms with Crippen LogP contribution in [0.4, 0.5) is 0 Å². The van der Waals surface area contributed by atoms with Crippen LogP contribution < -0.4 is 5.73 Å². The predicted molar refractivity (Wildman–Crippen MR) is 66.4 cm³/mol. The zero-order valence-corrected chi connectivity index (χ0v) is 10.3. The average Bonchev–Trinajstić information content (AvgIpc) is 2.16. The van der Waals surface area contributed by atoms with Crippen LogP contribution >= 0.6 is 11.6 Å². The molecular weight excluding hydrogens is 222 g/mol. The number of hydrogen-bond acceptors (Lipinski definition) is 2. The van der Waals surface area contributed by atoms with E-state index in [9.17, 15) is 5.11 Å². The highest BCUT2D eigenvalue weighted by molar-refractivity contribution is 6.30. The monoisotopic (exact) mass is 239 g/mol. The molecule has 1 aromatic rings. The minimum absolute atomic E-state index is 0.169. The summed E-state index contributed by atoms with van der Waals surface area (Å²) in [5, 5.41) is 11.4. The fourth-order valence-corrected chi connectivity index (χ4v) is 2.78. The van der Waals surface area contributed by atoms with Crippen molar-refractivity contribution in [2.45, 2.75) is 31.8 Å². The molecule has 0 heterocycles. The van der Waals surface area contributed by atoms with Gasteiger partial charge in [-0.25, -0.2) is 0 Å². The van der Waals surface area contributed by atoms with Gasteiger partial charge in [-0.3, -0.25) is 0 Å². The van der Waals surface area contributed by atoms with Crippen LogP contribution in [-0.4, -0.2) is 11.7 Å². The quantitative estimate of drug-likeness (QED) is 0.852. The second kappa shape index (κ2) is 4.02. The van der Waals surface area contributed by atoms with Crippen molar-refractivity contribution < 1.29 is 5.11 Å². The van der Waals surface area contributed by atoms with Gasteiger partial charge in [-0.05, 0) is 37.5 Å². The van der Waals surface area contributed by atoms with E-state index in [2.05, 4.69) is 0 Å². The van der Waals surface area contributed by atoms with E-state index in [1.807, 2.05) is 31.2 Å². The van der Waals surface area contributed by atoms with Crippen molar-refractivity contribution in [1.82, 2.24) is 0 Å². The zero-order chi connectivity index (χ0) is 11.8. The van der Waals surface area contributed by atoms with Crippen molar-refractivity contribution >= 4 is 11.6 Å². The first-order chi connectivity index (χ1) is 7.52. The van der Waals surface area contributed by atoms with Gasteiger partial charge in [0.2, 0.25) is 0 Å². The van der Waals surface area contributed by atoms with Gasteiger partial charge in [0.05, 0.1) is 5.60 Å². The molecule has 2 nitrogen and oxygen atoms in total. The van der Waals surface area contributed by atoms with E-state index >= 15 is 0 Å². The second-order valence-electron chi connectivity index (χ2n) is 4.92. The Morgan fingerprint density at radius 3 is 2.62 bits per heavy atom. The van der Waals surface area contributed by atoms with E-state index in [0.717, 1.165) is 24.8 Å². The van der Waals surface area contributed by atoms with Crippen molar-refractivity contribution in [2.24, 2.45) is 11.1 Å². The van der Waals surface area contributed by atoms with Crippen LogP contribution in [0.25, 0.3) is 0 Å². The van der Waals surface area contributed by atoms with Crippen molar-refractivity contribution in [2.75, 3.05) is 6.54 Å². The molecule has 1 aliphatic carbocycles. The van der Waals surface area contributed by atoms with Gasteiger partial charge in [0, 0.05) is 17.0 Å². The van der Waals surface area contributed by atoms with Crippen molar-refractivity contribution in [3.05, 3.63) is 34.9 Å². The van der Waals surface area contributed by atoms with Gasteiger partial charge in [-0.1, -0.05) is 30.2 Å². The summed E-state index contributed by atoms with van der Waals surface area (Å²) < 4.78 is 0. The third kappa shape index (κ3) is 1.65. The minimum atomic E-state index is -0.884. The van der Waals surface area contributed by atoms with Crippen molar-refractivity contribution in [3.63, 3.8) is 0 Å². The fourth-order valence-electron chi connectivity index (χ4n) is 2.59. The number of benzene rings is 1. The van der Waals surface area contributed by atoms with Crippen molar-refractivity contribution in [1.29, 1.82) is 0 Å². The third-order valence-corrected chi connectivity index (χ3v) is 4.36. The van der Waals surface area contributed by atoms with Crippen molar-refractivity contribution in [3.8, 4) is 0 Å². The smallest absolute Gasteiger partial charge is 0.0937 e. The molecular formula is C13H18ClNO. The number of hydrogen-bond donors (Lipinski definition) is 2. The number of aliphatic hydroxyl groups is 1. The van der Waals surface area contributed by atoms with E-state index in [-0.39, 0.29) is 5.41 Å². The molecule has 3 N–H and O–H groups in total. The number of rotatable bonds is 3. The van der Waals surface area contributed by atoms with Crippen LogP contribution in [0.2, 0.25) is 5.02 Å². The van der Waals surface area contributed by atoms with Crippen LogP contribution in [0.1, 0.15) is 31.7 Å².